The molecule has 2 N–H and O–H groups in total. The van der Waals surface area contributed by atoms with Gasteiger partial charge in [0, 0.05) is 5.56 Å². The molecule has 0 heterocycles. The summed E-state index contributed by atoms with van der Waals surface area (Å²) in [6.07, 6.45) is 0. The lowest BCUT2D eigenvalue weighted by Crippen LogP contribution is -1.93. The van der Waals surface area contributed by atoms with Crippen molar-refractivity contribution in [3.05, 3.63) is 46.7 Å². The van der Waals surface area contributed by atoms with E-state index in [-0.39, 0.29) is 5.82 Å². The van der Waals surface area contributed by atoms with Crippen molar-refractivity contribution in [1.82, 2.24) is 0 Å². The number of aryl methyl sites for hydroxylation is 1. The van der Waals surface area contributed by atoms with Crippen molar-refractivity contribution < 1.29 is 9.13 Å². The van der Waals surface area contributed by atoms with Crippen LogP contribution in [0, 0.1) is 12.7 Å². The van der Waals surface area contributed by atoms with Gasteiger partial charge in [-0.15, -0.1) is 0 Å². The molecule has 0 amide bonds. The maximum atomic E-state index is 13.3. The number of nitrogen functional groups attached to an aromatic ring is 1. The molecule has 0 aliphatic rings. The third kappa shape index (κ3) is 2.27. The number of rotatable bonds is 2. The number of hydrogen-bond donors (Lipinski definition) is 1. The Balaban J connectivity index is 2.55. The average molecular weight is 266 g/mol. The molecule has 0 spiro atoms. The number of nitrogens with two attached hydrogens (primary N) is 1. The van der Waals surface area contributed by atoms with E-state index < -0.39 is 0 Å². The van der Waals surface area contributed by atoms with Crippen molar-refractivity contribution >= 4 is 17.3 Å². The van der Waals surface area contributed by atoms with Crippen molar-refractivity contribution in [2.24, 2.45) is 0 Å². The van der Waals surface area contributed by atoms with E-state index in [1.807, 2.05) is 6.07 Å². The van der Waals surface area contributed by atoms with Crippen LogP contribution in [0.5, 0.6) is 5.75 Å². The van der Waals surface area contributed by atoms with Gasteiger partial charge >= 0.3 is 0 Å². The van der Waals surface area contributed by atoms with Gasteiger partial charge in [-0.05, 0) is 42.3 Å². The van der Waals surface area contributed by atoms with Crippen LogP contribution >= 0.6 is 11.6 Å². The minimum atomic E-state index is -0.315. The molecule has 0 aliphatic carbocycles. The first-order valence-corrected chi connectivity index (χ1v) is 5.80. The number of hydrogen-bond acceptors (Lipinski definition) is 2. The van der Waals surface area contributed by atoms with Crippen LogP contribution in [0.1, 0.15) is 5.56 Å². The Morgan fingerprint density at radius 1 is 1.22 bits per heavy atom. The quantitative estimate of drug-likeness (QED) is 0.832. The summed E-state index contributed by atoms with van der Waals surface area (Å²) >= 11 is 6.05. The summed E-state index contributed by atoms with van der Waals surface area (Å²) in [7, 11) is 1.56. The van der Waals surface area contributed by atoms with Gasteiger partial charge in [0.05, 0.1) is 17.8 Å². The van der Waals surface area contributed by atoms with Gasteiger partial charge in [0.25, 0.3) is 0 Å². The minimum absolute atomic E-state index is 0.315. The van der Waals surface area contributed by atoms with Gasteiger partial charge in [0.1, 0.15) is 11.6 Å². The van der Waals surface area contributed by atoms with Crippen LogP contribution in [-0.4, -0.2) is 7.11 Å². The molecular formula is C14H13ClFNO. The third-order valence-corrected chi connectivity index (χ3v) is 3.10. The van der Waals surface area contributed by atoms with Gasteiger partial charge in [-0.1, -0.05) is 17.7 Å². The van der Waals surface area contributed by atoms with Crippen LogP contribution < -0.4 is 10.5 Å². The highest BCUT2D eigenvalue weighted by Gasteiger charge is 2.09. The molecule has 0 fully saturated rings. The molecule has 2 nitrogen and oxygen atoms in total. The predicted octanol–water partition coefficient (Wildman–Crippen LogP) is 4.05. The van der Waals surface area contributed by atoms with E-state index in [1.165, 1.54) is 6.07 Å². The summed E-state index contributed by atoms with van der Waals surface area (Å²) in [4.78, 5) is 0. The number of benzene rings is 2. The van der Waals surface area contributed by atoms with E-state index in [4.69, 9.17) is 22.1 Å². The van der Waals surface area contributed by atoms with Crippen LogP contribution in [0.25, 0.3) is 11.1 Å². The van der Waals surface area contributed by atoms with E-state index in [1.54, 1.807) is 32.2 Å². The Kier molecular flexibility index (Phi) is 3.43. The highest BCUT2D eigenvalue weighted by Crippen LogP contribution is 2.33. The summed E-state index contributed by atoms with van der Waals surface area (Å²) in [6, 6.07) is 8.39. The lowest BCUT2D eigenvalue weighted by molar-refractivity contribution is 0.417. The van der Waals surface area contributed by atoms with Crippen LogP contribution in [0.2, 0.25) is 5.02 Å². The third-order valence-electron chi connectivity index (χ3n) is 2.79. The van der Waals surface area contributed by atoms with Crippen LogP contribution in [0.15, 0.2) is 30.3 Å². The number of ether oxygens (including phenoxy) is 1. The fraction of sp³-hybridized carbons (Fsp3) is 0.143. The average Bonchev–Trinajstić information content (AvgIpc) is 2.33. The normalized spacial score (nSPS) is 10.4. The fourth-order valence-corrected chi connectivity index (χ4v) is 2.04. The first-order valence-electron chi connectivity index (χ1n) is 5.42. The Labute approximate surface area is 110 Å². The Hall–Kier alpha value is -1.74. The maximum absolute atomic E-state index is 13.3. The second kappa shape index (κ2) is 4.86. The minimum Gasteiger partial charge on any atom is -0.495 e. The smallest absolute Gasteiger partial charge is 0.141 e. The molecule has 4 heteroatoms. The van der Waals surface area contributed by atoms with Crippen molar-refractivity contribution in [3.8, 4) is 16.9 Å². The Morgan fingerprint density at radius 3 is 2.56 bits per heavy atom. The zero-order valence-electron chi connectivity index (χ0n) is 10.1. The zero-order chi connectivity index (χ0) is 13.3. The summed E-state index contributed by atoms with van der Waals surface area (Å²) in [5.74, 6) is 0.291. The summed E-state index contributed by atoms with van der Waals surface area (Å²) < 4.78 is 18.4. The van der Waals surface area contributed by atoms with E-state index in [2.05, 4.69) is 0 Å². The Morgan fingerprint density at radius 2 is 1.94 bits per heavy atom. The molecule has 2 aromatic carbocycles. The first kappa shape index (κ1) is 12.7. The molecule has 18 heavy (non-hydrogen) atoms. The molecule has 94 valence electrons. The van der Waals surface area contributed by atoms with E-state index in [0.717, 1.165) is 11.1 Å². The molecule has 0 aliphatic heterocycles. The van der Waals surface area contributed by atoms with Crippen LogP contribution in [-0.2, 0) is 0 Å². The molecule has 2 rings (SSSR count). The van der Waals surface area contributed by atoms with E-state index in [9.17, 15) is 4.39 Å². The summed E-state index contributed by atoms with van der Waals surface area (Å²) in [5.41, 5.74) is 8.50. The van der Waals surface area contributed by atoms with Gasteiger partial charge in [-0.3, -0.25) is 0 Å². The van der Waals surface area contributed by atoms with Crippen LogP contribution in [0.3, 0.4) is 0 Å². The van der Waals surface area contributed by atoms with Gasteiger partial charge in [-0.2, -0.15) is 0 Å². The summed E-state index contributed by atoms with van der Waals surface area (Å²) in [6.45, 7) is 1.70. The lowest BCUT2D eigenvalue weighted by atomic mass is 10.0. The van der Waals surface area contributed by atoms with Crippen molar-refractivity contribution in [2.75, 3.05) is 12.8 Å². The summed E-state index contributed by atoms with van der Waals surface area (Å²) in [5, 5.41) is 0.364. The Bertz CT molecular complexity index is 599. The molecule has 0 atom stereocenters. The maximum Gasteiger partial charge on any atom is 0.141 e. The van der Waals surface area contributed by atoms with Crippen molar-refractivity contribution in [1.29, 1.82) is 0 Å². The van der Waals surface area contributed by atoms with Crippen molar-refractivity contribution in [2.45, 2.75) is 6.92 Å². The standard InChI is InChI=1S/C14H13ClFNO/c1-8-5-10(11(15)7-12(8)16)9-3-4-14(18-2)13(17)6-9/h3-7H,17H2,1-2H3. The number of halogens is 2. The van der Waals surface area contributed by atoms with Gasteiger partial charge in [0.15, 0.2) is 0 Å². The van der Waals surface area contributed by atoms with Crippen LogP contribution in [0.4, 0.5) is 10.1 Å². The predicted molar refractivity (Wildman–Crippen MR) is 72.5 cm³/mol. The largest absolute Gasteiger partial charge is 0.495 e. The second-order valence-corrected chi connectivity index (χ2v) is 4.45. The monoisotopic (exact) mass is 265 g/mol. The highest BCUT2D eigenvalue weighted by molar-refractivity contribution is 6.33. The number of methoxy groups -OCH3 is 1. The molecule has 2 aromatic rings. The molecule has 0 saturated heterocycles. The van der Waals surface area contributed by atoms with E-state index in [0.29, 0.717) is 22.0 Å². The van der Waals surface area contributed by atoms with Gasteiger partial charge in [-0.25, -0.2) is 4.39 Å². The number of anilines is 1. The second-order valence-electron chi connectivity index (χ2n) is 4.04. The topological polar surface area (TPSA) is 35.2 Å². The fourth-order valence-electron chi connectivity index (χ4n) is 1.78. The van der Waals surface area contributed by atoms with E-state index >= 15 is 0 Å². The molecular weight excluding hydrogens is 253 g/mol. The van der Waals surface area contributed by atoms with Crippen molar-refractivity contribution in [3.63, 3.8) is 0 Å². The SMILES string of the molecule is COc1ccc(-c2cc(C)c(F)cc2Cl)cc1N. The molecule has 0 unspecified atom stereocenters. The molecule has 0 aromatic heterocycles. The first-order chi connectivity index (χ1) is 8.52. The molecule has 0 bridgehead atoms. The molecule has 0 radical (unpaired) electrons. The lowest BCUT2D eigenvalue weighted by Gasteiger charge is -2.10. The zero-order valence-corrected chi connectivity index (χ0v) is 10.9. The molecule has 0 saturated carbocycles. The van der Waals surface area contributed by atoms with Gasteiger partial charge in [0.2, 0.25) is 0 Å². The van der Waals surface area contributed by atoms with Gasteiger partial charge < -0.3 is 10.5 Å². The highest BCUT2D eigenvalue weighted by atomic mass is 35.5.